The number of ether oxygens (including phenoxy) is 2. The van der Waals surface area contributed by atoms with E-state index in [2.05, 4.69) is 15.3 Å². The number of hydrogen-bond donors (Lipinski definition) is 1. The van der Waals surface area contributed by atoms with E-state index < -0.39 is 12.1 Å². The van der Waals surface area contributed by atoms with Crippen LogP contribution in [0.4, 0.5) is 13.2 Å². The van der Waals surface area contributed by atoms with Gasteiger partial charge in [0.1, 0.15) is 5.01 Å². The molecule has 1 atom stereocenters. The Labute approximate surface area is 160 Å². The summed E-state index contributed by atoms with van der Waals surface area (Å²) in [6, 6.07) is 0. The van der Waals surface area contributed by atoms with E-state index in [0.717, 1.165) is 26.4 Å². The summed E-state index contributed by atoms with van der Waals surface area (Å²) in [6.07, 6.45) is 0.566. The average molecular weight is 410 g/mol. The van der Waals surface area contributed by atoms with Crippen molar-refractivity contribution in [3.8, 4) is 0 Å². The molecule has 1 aromatic rings. The highest BCUT2D eigenvalue weighted by Gasteiger charge is 2.43. The Morgan fingerprint density at radius 3 is 2.63 bits per heavy atom. The largest absolute Gasteiger partial charge is 0.490 e. The monoisotopic (exact) mass is 410 g/mol. The molecule has 0 aliphatic carbocycles. The maximum Gasteiger partial charge on any atom is 0.490 e. The highest BCUT2D eigenvalue weighted by Crippen LogP contribution is 2.44. The van der Waals surface area contributed by atoms with Crippen molar-refractivity contribution in [2.24, 2.45) is 11.3 Å². The van der Waals surface area contributed by atoms with Crippen LogP contribution in [0.5, 0.6) is 0 Å². The third kappa shape index (κ3) is 6.41. The van der Waals surface area contributed by atoms with Gasteiger partial charge in [-0.2, -0.15) is 13.2 Å². The van der Waals surface area contributed by atoms with Crippen LogP contribution in [0.3, 0.4) is 0 Å². The second kappa shape index (κ2) is 9.81. The Morgan fingerprint density at radius 2 is 2.11 bits per heavy atom. The van der Waals surface area contributed by atoms with Gasteiger partial charge >= 0.3 is 12.1 Å². The molecule has 154 valence electrons. The summed E-state index contributed by atoms with van der Waals surface area (Å²) in [7, 11) is 1.81. The van der Waals surface area contributed by atoms with Crippen LogP contribution in [-0.2, 0) is 20.8 Å². The van der Waals surface area contributed by atoms with Crippen molar-refractivity contribution in [3.63, 3.8) is 0 Å². The van der Waals surface area contributed by atoms with Gasteiger partial charge in [-0.05, 0) is 37.8 Å². The molecule has 3 rings (SSSR count). The first-order chi connectivity index (χ1) is 12.8. The molecule has 6 nitrogen and oxygen atoms in total. The van der Waals surface area contributed by atoms with Gasteiger partial charge in [0.05, 0.1) is 19.8 Å². The summed E-state index contributed by atoms with van der Waals surface area (Å²) in [5.41, 5.74) is 0.452. The number of nitrogens with zero attached hydrogens (tertiary/aromatic N) is 2. The number of methoxy groups -OCH3 is 1. The quantitative estimate of drug-likeness (QED) is 0.823. The second-order valence-electron chi connectivity index (χ2n) is 6.84. The number of likely N-dealkylation sites (tertiary alicyclic amines) is 1. The number of hydrogen-bond acceptors (Lipinski definition) is 6. The van der Waals surface area contributed by atoms with Crippen LogP contribution >= 0.6 is 11.3 Å². The van der Waals surface area contributed by atoms with E-state index in [1.165, 1.54) is 37.4 Å². The number of piperidine rings is 1. The molecular formula is C17H25F3N2O4S. The maximum atomic E-state index is 10.6. The Bertz CT molecular complexity index is 573. The number of thiazole rings is 1. The standard InChI is InChI=1S/C15H24N2O2S.C2HF3O2/c1-18-11-13-12-19-8-4-15(13)2-6-17(7-3-15)10-14-16-5-9-20-14;3-2(4,5)1(6)7/h5,9,13H,2-4,6-8,10-12H2,1H3;(H,6,7). The zero-order chi connectivity index (χ0) is 19.9. The Hall–Kier alpha value is -1.23. The minimum atomic E-state index is -5.08. The Balaban J connectivity index is 0.000000321. The smallest absolute Gasteiger partial charge is 0.475 e. The lowest BCUT2D eigenvalue weighted by Gasteiger charge is -2.48. The van der Waals surface area contributed by atoms with E-state index >= 15 is 0 Å². The molecule has 2 saturated heterocycles. The van der Waals surface area contributed by atoms with Gasteiger partial charge in [0.2, 0.25) is 0 Å². The van der Waals surface area contributed by atoms with Gasteiger partial charge in [-0.3, -0.25) is 4.90 Å². The normalized spacial score (nSPS) is 22.9. The number of carboxylic acid groups (broad SMARTS) is 1. The molecule has 1 aromatic heterocycles. The third-order valence-corrected chi connectivity index (χ3v) is 6.00. The number of aliphatic carboxylic acids is 1. The molecule has 27 heavy (non-hydrogen) atoms. The molecule has 0 aromatic carbocycles. The lowest BCUT2D eigenvalue weighted by molar-refractivity contribution is -0.192. The molecule has 10 heteroatoms. The zero-order valence-corrected chi connectivity index (χ0v) is 16.0. The van der Waals surface area contributed by atoms with E-state index in [1.807, 2.05) is 6.20 Å². The van der Waals surface area contributed by atoms with Crippen LogP contribution in [-0.4, -0.2) is 67.2 Å². The summed E-state index contributed by atoms with van der Waals surface area (Å²) < 4.78 is 42.8. The molecule has 2 aliphatic rings. The molecule has 0 radical (unpaired) electrons. The van der Waals surface area contributed by atoms with E-state index in [-0.39, 0.29) is 0 Å². The van der Waals surface area contributed by atoms with Crippen molar-refractivity contribution >= 4 is 17.3 Å². The van der Waals surface area contributed by atoms with Crippen LogP contribution in [0.15, 0.2) is 11.6 Å². The van der Waals surface area contributed by atoms with E-state index in [4.69, 9.17) is 19.4 Å². The van der Waals surface area contributed by atoms with Gasteiger partial charge in [-0.1, -0.05) is 0 Å². The van der Waals surface area contributed by atoms with Gasteiger partial charge in [0.25, 0.3) is 0 Å². The van der Waals surface area contributed by atoms with Gasteiger partial charge in [-0.15, -0.1) is 11.3 Å². The molecule has 2 aliphatic heterocycles. The molecular weight excluding hydrogens is 385 g/mol. The van der Waals surface area contributed by atoms with Gasteiger partial charge in [-0.25, -0.2) is 9.78 Å². The van der Waals surface area contributed by atoms with Crippen molar-refractivity contribution < 1.29 is 32.5 Å². The molecule has 0 saturated carbocycles. The SMILES string of the molecule is COCC1COCCC12CCN(Cc1nccs1)CC2.O=C(O)C(F)(F)F. The fraction of sp³-hybridized carbons (Fsp3) is 0.765. The summed E-state index contributed by atoms with van der Waals surface area (Å²) in [5, 5.41) is 10.4. The maximum absolute atomic E-state index is 10.6. The van der Waals surface area contributed by atoms with E-state index in [0.29, 0.717) is 11.3 Å². The van der Waals surface area contributed by atoms with Crippen LogP contribution in [0.1, 0.15) is 24.3 Å². The van der Waals surface area contributed by atoms with Gasteiger partial charge < -0.3 is 14.6 Å². The van der Waals surface area contributed by atoms with Crippen molar-refractivity contribution in [1.29, 1.82) is 0 Å². The number of carboxylic acids is 1. The molecule has 0 bridgehead atoms. The first-order valence-corrected chi connectivity index (χ1v) is 9.62. The fourth-order valence-electron chi connectivity index (χ4n) is 3.65. The van der Waals surface area contributed by atoms with Crippen LogP contribution in [0.2, 0.25) is 0 Å². The minimum Gasteiger partial charge on any atom is -0.475 e. The molecule has 0 amide bonds. The lowest BCUT2D eigenvalue weighted by atomic mass is 9.66. The molecule has 2 fully saturated rings. The highest BCUT2D eigenvalue weighted by molar-refractivity contribution is 7.09. The molecule has 1 N–H and O–H groups in total. The summed E-state index contributed by atoms with van der Waals surface area (Å²) in [5.74, 6) is -2.18. The number of carbonyl (C=O) groups is 1. The van der Waals surface area contributed by atoms with Gasteiger partial charge in [0.15, 0.2) is 0 Å². The number of aromatic nitrogens is 1. The lowest BCUT2D eigenvalue weighted by Crippen LogP contribution is -2.49. The fourth-order valence-corrected chi connectivity index (χ4v) is 4.30. The first kappa shape index (κ1) is 22.1. The molecule has 1 spiro atoms. The van der Waals surface area contributed by atoms with Crippen LogP contribution in [0, 0.1) is 11.3 Å². The summed E-state index contributed by atoms with van der Waals surface area (Å²) in [6.45, 7) is 6.01. The summed E-state index contributed by atoms with van der Waals surface area (Å²) in [4.78, 5) is 15.8. The number of alkyl halides is 3. The Morgan fingerprint density at radius 1 is 1.44 bits per heavy atom. The average Bonchev–Trinajstić information content (AvgIpc) is 3.12. The predicted molar refractivity (Wildman–Crippen MR) is 93.6 cm³/mol. The number of halogens is 3. The van der Waals surface area contributed by atoms with E-state index in [1.54, 1.807) is 18.4 Å². The third-order valence-electron chi connectivity index (χ3n) is 5.23. The first-order valence-electron chi connectivity index (χ1n) is 8.74. The van der Waals surface area contributed by atoms with Crippen LogP contribution < -0.4 is 0 Å². The summed E-state index contributed by atoms with van der Waals surface area (Å²) >= 11 is 1.76. The van der Waals surface area contributed by atoms with Crippen molar-refractivity contribution in [3.05, 3.63) is 16.6 Å². The highest BCUT2D eigenvalue weighted by atomic mass is 32.1. The van der Waals surface area contributed by atoms with Crippen molar-refractivity contribution in [2.45, 2.75) is 32.0 Å². The van der Waals surface area contributed by atoms with Crippen molar-refractivity contribution in [1.82, 2.24) is 9.88 Å². The second-order valence-corrected chi connectivity index (χ2v) is 7.82. The zero-order valence-electron chi connectivity index (χ0n) is 15.2. The van der Waals surface area contributed by atoms with Crippen molar-refractivity contribution in [2.75, 3.05) is 40.0 Å². The molecule has 1 unspecified atom stereocenters. The van der Waals surface area contributed by atoms with Crippen LogP contribution in [0.25, 0.3) is 0 Å². The van der Waals surface area contributed by atoms with E-state index in [9.17, 15) is 13.2 Å². The predicted octanol–water partition coefficient (Wildman–Crippen LogP) is 3.04. The number of rotatable bonds is 4. The topological polar surface area (TPSA) is 71.9 Å². The molecule has 3 heterocycles. The Kier molecular flexibility index (Phi) is 8.02. The van der Waals surface area contributed by atoms with Gasteiger partial charge in [0, 0.05) is 31.2 Å². The minimum absolute atomic E-state index is 0.452.